The van der Waals surface area contributed by atoms with Gasteiger partial charge in [0.1, 0.15) is 5.82 Å². The van der Waals surface area contributed by atoms with E-state index in [9.17, 15) is 9.18 Å². The molecule has 6 heteroatoms. The minimum Gasteiger partial charge on any atom is -0.340 e. The lowest BCUT2D eigenvalue weighted by Gasteiger charge is -2.35. The highest BCUT2D eigenvalue weighted by atomic mass is 35.5. The summed E-state index contributed by atoms with van der Waals surface area (Å²) in [5.41, 5.74) is 0.928. The summed E-state index contributed by atoms with van der Waals surface area (Å²) in [5, 5.41) is 3.51. The number of amides is 1. The van der Waals surface area contributed by atoms with Gasteiger partial charge in [0.05, 0.1) is 0 Å². The van der Waals surface area contributed by atoms with Crippen LogP contribution in [0.1, 0.15) is 18.4 Å². The quantitative estimate of drug-likeness (QED) is 0.813. The van der Waals surface area contributed by atoms with Crippen LogP contribution in [0.4, 0.5) is 4.39 Å². The summed E-state index contributed by atoms with van der Waals surface area (Å²) >= 11 is 6.06. The fourth-order valence-electron chi connectivity index (χ4n) is 2.62. The van der Waals surface area contributed by atoms with Crippen LogP contribution in [0.2, 0.25) is 5.02 Å². The van der Waals surface area contributed by atoms with E-state index in [1.165, 1.54) is 12.1 Å². The van der Waals surface area contributed by atoms with Crippen molar-refractivity contribution in [2.75, 3.05) is 39.8 Å². The molecule has 0 aliphatic carbocycles. The molecular formula is C16H23ClFN3O. The molecule has 122 valence electrons. The van der Waals surface area contributed by atoms with Gasteiger partial charge in [0.25, 0.3) is 0 Å². The predicted octanol–water partition coefficient (Wildman–Crippen LogP) is 2.12. The summed E-state index contributed by atoms with van der Waals surface area (Å²) in [5.74, 6) is -0.0829. The molecule has 22 heavy (non-hydrogen) atoms. The topological polar surface area (TPSA) is 35.6 Å². The van der Waals surface area contributed by atoms with Crippen molar-refractivity contribution in [1.29, 1.82) is 0 Å². The highest BCUT2D eigenvalue weighted by molar-refractivity contribution is 6.31. The summed E-state index contributed by atoms with van der Waals surface area (Å²) in [6.07, 6.45) is 1.48. The molecule has 1 saturated heterocycles. The molecule has 0 spiro atoms. The zero-order valence-electron chi connectivity index (χ0n) is 12.9. The number of rotatable bonds is 6. The molecule has 1 N–H and O–H groups in total. The van der Waals surface area contributed by atoms with Crippen molar-refractivity contribution in [3.63, 3.8) is 0 Å². The van der Waals surface area contributed by atoms with E-state index >= 15 is 0 Å². The Kier molecular flexibility index (Phi) is 6.61. The van der Waals surface area contributed by atoms with Gasteiger partial charge >= 0.3 is 0 Å². The van der Waals surface area contributed by atoms with Gasteiger partial charge in [-0.15, -0.1) is 0 Å². The molecule has 1 aromatic carbocycles. The number of carbonyl (C=O) groups excluding carboxylic acids is 1. The third-order valence-corrected chi connectivity index (χ3v) is 4.30. The van der Waals surface area contributed by atoms with Gasteiger partial charge in [-0.25, -0.2) is 4.39 Å². The van der Waals surface area contributed by atoms with Crippen LogP contribution in [-0.4, -0.2) is 55.5 Å². The summed E-state index contributed by atoms with van der Waals surface area (Å²) in [6.45, 7) is 4.71. The van der Waals surface area contributed by atoms with Crippen LogP contribution in [0.5, 0.6) is 0 Å². The Morgan fingerprint density at radius 2 is 2.05 bits per heavy atom. The zero-order valence-corrected chi connectivity index (χ0v) is 13.7. The average molecular weight is 328 g/mol. The van der Waals surface area contributed by atoms with Crippen molar-refractivity contribution in [3.05, 3.63) is 34.6 Å². The first-order chi connectivity index (χ1) is 10.6. The minimum absolute atomic E-state index is 0.231. The zero-order chi connectivity index (χ0) is 15.9. The highest BCUT2D eigenvalue weighted by Gasteiger charge is 2.21. The molecule has 1 fully saturated rings. The van der Waals surface area contributed by atoms with E-state index in [4.69, 9.17) is 11.6 Å². The Balaban J connectivity index is 1.78. The van der Waals surface area contributed by atoms with E-state index in [-0.39, 0.29) is 11.7 Å². The van der Waals surface area contributed by atoms with Gasteiger partial charge in [-0.3, -0.25) is 9.69 Å². The van der Waals surface area contributed by atoms with Crippen LogP contribution in [0.3, 0.4) is 0 Å². The van der Waals surface area contributed by atoms with Crippen LogP contribution in [0.25, 0.3) is 0 Å². The molecule has 0 bridgehead atoms. The lowest BCUT2D eigenvalue weighted by molar-refractivity contribution is -0.133. The lowest BCUT2D eigenvalue weighted by Crippen LogP contribution is -2.48. The van der Waals surface area contributed by atoms with Gasteiger partial charge < -0.3 is 10.2 Å². The number of hydrogen-bond donors (Lipinski definition) is 1. The Morgan fingerprint density at radius 1 is 1.32 bits per heavy atom. The van der Waals surface area contributed by atoms with Crippen LogP contribution in [0, 0.1) is 5.82 Å². The molecule has 0 atom stereocenters. The molecule has 2 rings (SSSR count). The number of nitrogens with zero attached hydrogens (tertiary/aromatic N) is 2. The molecule has 1 aliphatic heterocycles. The van der Waals surface area contributed by atoms with Gasteiger partial charge in [-0.1, -0.05) is 17.7 Å². The van der Waals surface area contributed by atoms with E-state index in [1.54, 1.807) is 6.07 Å². The summed E-state index contributed by atoms with van der Waals surface area (Å²) in [6, 6.07) is 4.51. The standard InChI is InChI=1S/C16H23ClFN3O/c1-19-6-2-3-16(22)21-9-7-20(8-10-21)12-13-4-5-14(18)11-15(13)17/h4-5,11,19H,2-3,6-10,12H2,1H3. The number of nitrogens with one attached hydrogen (secondary N) is 1. The fraction of sp³-hybridized carbons (Fsp3) is 0.562. The summed E-state index contributed by atoms with van der Waals surface area (Å²) in [7, 11) is 1.89. The van der Waals surface area contributed by atoms with E-state index in [0.717, 1.165) is 44.7 Å². The molecular weight excluding hydrogens is 305 g/mol. The van der Waals surface area contributed by atoms with Gasteiger partial charge in [0.15, 0.2) is 0 Å². The van der Waals surface area contributed by atoms with Gasteiger partial charge in [0.2, 0.25) is 5.91 Å². The normalized spacial score (nSPS) is 16.0. The first-order valence-electron chi connectivity index (χ1n) is 7.69. The molecule has 1 aliphatic rings. The molecule has 0 aromatic heterocycles. The molecule has 1 heterocycles. The van der Waals surface area contributed by atoms with Crippen LogP contribution in [0.15, 0.2) is 18.2 Å². The molecule has 1 aromatic rings. The number of hydrogen-bond acceptors (Lipinski definition) is 3. The minimum atomic E-state index is -0.314. The van der Waals surface area contributed by atoms with Crippen molar-refractivity contribution < 1.29 is 9.18 Å². The third kappa shape index (κ3) is 4.93. The lowest BCUT2D eigenvalue weighted by atomic mass is 10.2. The SMILES string of the molecule is CNCCCC(=O)N1CCN(Cc2ccc(F)cc2Cl)CC1. The maximum absolute atomic E-state index is 13.0. The second kappa shape index (κ2) is 8.46. The largest absolute Gasteiger partial charge is 0.340 e. The number of carbonyl (C=O) groups is 1. The number of halogens is 2. The van der Waals surface area contributed by atoms with Gasteiger partial charge in [0, 0.05) is 44.2 Å². The number of benzene rings is 1. The van der Waals surface area contributed by atoms with Crippen molar-refractivity contribution in [3.8, 4) is 0 Å². The molecule has 1 amide bonds. The van der Waals surface area contributed by atoms with Crippen LogP contribution < -0.4 is 5.32 Å². The number of piperazine rings is 1. The van der Waals surface area contributed by atoms with E-state index in [0.29, 0.717) is 18.0 Å². The van der Waals surface area contributed by atoms with Crippen LogP contribution >= 0.6 is 11.6 Å². The van der Waals surface area contributed by atoms with Gasteiger partial charge in [-0.05, 0) is 37.7 Å². The smallest absolute Gasteiger partial charge is 0.222 e. The summed E-state index contributed by atoms with van der Waals surface area (Å²) < 4.78 is 13.0. The highest BCUT2D eigenvalue weighted by Crippen LogP contribution is 2.19. The second-order valence-electron chi connectivity index (χ2n) is 5.60. The Labute approximate surface area is 136 Å². The first kappa shape index (κ1) is 17.2. The van der Waals surface area contributed by atoms with E-state index in [1.807, 2.05) is 11.9 Å². The van der Waals surface area contributed by atoms with Crippen LogP contribution in [-0.2, 0) is 11.3 Å². The molecule has 0 unspecified atom stereocenters. The third-order valence-electron chi connectivity index (χ3n) is 3.95. The Bertz CT molecular complexity index is 504. The van der Waals surface area contributed by atoms with E-state index in [2.05, 4.69) is 10.2 Å². The van der Waals surface area contributed by atoms with Crippen molar-refractivity contribution >= 4 is 17.5 Å². The molecule has 4 nitrogen and oxygen atoms in total. The summed E-state index contributed by atoms with van der Waals surface area (Å²) in [4.78, 5) is 16.2. The van der Waals surface area contributed by atoms with Crippen molar-refractivity contribution in [2.45, 2.75) is 19.4 Å². The predicted molar refractivity (Wildman–Crippen MR) is 86.4 cm³/mol. The maximum atomic E-state index is 13.0. The van der Waals surface area contributed by atoms with Gasteiger partial charge in [-0.2, -0.15) is 0 Å². The molecule has 0 saturated carbocycles. The molecule has 0 radical (unpaired) electrons. The Hall–Kier alpha value is -1.17. The second-order valence-corrected chi connectivity index (χ2v) is 6.01. The average Bonchev–Trinajstić information content (AvgIpc) is 2.51. The Morgan fingerprint density at radius 3 is 2.68 bits per heavy atom. The monoisotopic (exact) mass is 327 g/mol. The van der Waals surface area contributed by atoms with Crippen molar-refractivity contribution in [1.82, 2.24) is 15.1 Å². The first-order valence-corrected chi connectivity index (χ1v) is 8.06. The van der Waals surface area contributed by atoms with Crippen molar-refractivity contribution in [2.24, 2.45) is 0 Å². The van der Waals surface area contributed by atoms with E-state index < -0.39 is 0 Å². The maximum Gasteiger partial charge on any atom is 0.222 e. The fourth-order valence-corrected chi connectivity index (χ4v) is 2.85.